The lowest BCUT2D eigenvalue weighted by molar-refractivity contribution is 0.530. The lowest BCUT2D eigenvalue weighted by atomic mass is 10.0. The first-order valence-electron chi connectivity index (χ1n) is 6.50. The lowest BCUT2D eigenvalue weighted by Crippen LogP contribution is -2.20. The Hall–Kier alpha value is -1.22. The molecule has 1 saturated heterocycles. The molecule has 1 aliphatic rings. The molecule has 1 aromatic carbocycles. The first-order valence-corrected chi connectivity index (χ1v) is 6.88. The third-order valence-electron chi connectivity index (χ3n) is 3.59. The molecule has 98 valence electrons. The predicted octanol–water partition coefficient (Wildman–Crippen LogP) is 3.25. The van der Waals surface area contributed by atoms with Crippen molar-refractivity contribution < 1.29 is 0 Å². The van der Waals surface area contributed by atoms with E-state index < -0.39 is 0 Å². The van der Waals surface area contributed by atoms with E-state index in [0.29, 0.717) is 10.6 Å². The monoisotopic (exact) mass is 265 g/mol. The molecule has 2 rings (SSSR count). The van der Waals surface area contributed by atoms with Gasteiger partial charge in [0.2, 0.25) is 0 Å². The van der Waals surface area contributed by atoms with E-state index in [2.05, 4.69) is 11.8 Å². The summed E-state index contributed by atoms with van der Waals surface area (Å²) in [6.07, 6.45) is 3.82. The molecule has 3 nitrogen and oxygen atoms in total. The Kier molecular flexibility index (Phi) is 4.12. The summed E-state index contributed by atoms with van der Waals surface area (Å²) in [5.41, 5.74) is 7.22. The quantitative estimate of drug-likeness (QED) is 0.649. The number of nitrogens with one attached hydrogen (secondary N) is 1. The third-order valence-corrected chi connectivity index (χ3v) is 3.90. The minimum Gasteiger partial charge on any atom is -0.384 e. The Balaban J connectivity index is 2.11. The molecule has 3 N–H and O–H groups in total. The van der Waals surface area contributed by atoms with E-state index in [4.69, 9.17) is 22.7 Å². The molecular weight excluding hydrogens is 246 g/mol. The standard InChI is InChI=1S/C14H20ClN3/c1-2-3-10-6-7-18(9-10)11-4-5-12(14(16)17)13(15)8-11/h4-5,8,10H,2-3,6-7,9H2,1H3,(H3,16,17). The van der Waals surface area contributed by atoms with Crippen LogP contribution in [0.15, 0.2) is 18.2 Å². The van der Waals surface area contributed by atoms with Gasteiger partial charge in [-0.05, 0) is 37.0 Å². The first-order chi connectivity index (χ1) is 8.61. The molecule has 0 aliphatic carbocycles. The van der Waals surface area contributed by atoms with Crippen molar-refractivity contribution in [3.8, 4) is 0 Å². The number of nitrogen functional groups attached to an aromatic ring is 1. The number of halogens is 1. The van der Waals surface area contributed by atoms with Crippen LogP contribution >= 0.6 is 11.6 Å². The summed E-state index contributed by atoms with van der Waals surface area (Å²) in [4.78, 5) is 2.37. The van der Waals surface area contributed by atoms with E-state index in [1.54, 1.807) is 0 Å². The zero-order chi connectivity index (χ0) is 13.1. The maximum atomic E-state index is 7.42. The van der Waals surface area contributed by atoms with Gasteiger partial charge >= 0.3 is 0 Å². The van der Waals surface area contributed by atoms with Crippen LogP contribution in [0.5, 0.6) is 0 Å². The number of hydrogen-bond donors (Lipinski definition) is 2. The van der Waals surface area contributed by atoms with E-state index in [1.807, 2.05) is 18.2 Å². The summed E-state index contributed by atoms with van der Waals surface area (Å²) in [5, 5.41) is 7.99. The molecule has 1 aromatic rings. The van der Waals surface area contributed by atoms with Gasteiger partial charge < -0.3 is 10.6 Å². The molecule has 0 radical (unpaired) electrons. The topological polar surface area (TPSA) is 53.1 Å². The highest BCUT2D eigenvalue weighted by Gasteiger charge is 2.22. The molecule has 0 amide bonds. The Bertz CT molecular complexity index is 445. The fraction of sp³-hybridized carbons (Fsp3) is 0.500. The van der Waals surface area contributed by atoms with Gasteiger partial charge in [0.05, 0.1) is 5.02 Å². The molecule has 0 saturated carbocycles. The maximum absolute atomic E-state index is 7.42. The van der Waals surface area contributed by atoms with E-state index in [0.717, 1.165) is 24.7 Å². The minimum atomic E-state index is 0.0248. The van der Waals surface area contributed by atoms with Gasteiger partial charge in [-0.1, -0.05) is 24.9 Å². The molecule has 1 atom stereocenters. The highest BCUT2D eigenvalue weighted by Crippen LogP contribution is 2.29. The number of benzene rings is 1. The highest BCUT2D eigenvalue weighted by molar-refractivity contribution is 6.34. The van der Waals surface area contributed by atoms with Crippen LogP contribution in [0.2, 0.25) is 5.02 Å². The van der Waals surface area contributed by atoms with Crippen LogP contribution in [0.3, 0.4) is 0 Å². The van der Waals surface area contributed by atoms with Gasteiger partial charge in [-0.15, -0.1) is 0 Å². The normalized spacial score (nSPS) is 19.2. The van der Waals surface area contributed by atoms with Crippen LogP contribution < -0.4 is 10.6 Å². The van der Waals surface area contributed by atoms with Gasteiger partial charge in [0.25, 0.3) is 0 Å². The number of nitrogens with zero attached hydrogens (tertiary/aromatic N) is 1. The van der Waals surface area contributed by atoms with Gasteiger partial charge in [0.15, 0.2) is 0 Å². The Morgan fingerprint density at radius 1 is 1.56 bits per heavy atom. The van der Waals surface area contributed by atoms with Crippen molar-refractivity contribution in [3.63, 3.8) is 0 Å². The van der Waals surface area contributed by atoms with Crippen LogP contribution in [0.4, 0.5) is 5.69 Å². The second-order valence-electron chi connectivity index (χ2n) is 4.97. The molecular formula is C14H20ClN3. The summed E-state index contributed by atoms with van der Waals surface area (Å²) in [7, 11) is 0. The molecule has 4 heteroatoms. The van der Waals surface area contributed by atoms with Crippen LogP contribution in [-0.2, 0) is 0 Å². The zero-order valence-corrected chi connectivity index (χ0v) is 11.5. The molecule has 18 heavy (non-hydrogen) atoms. The summed E-state index contributed by atoms with van der Waals surface area (Å²) in [6.45, 7) is 4.45. The van der Waals surface area contributed by atoms with E-state index >= 15 is 0 Å². The second kappa shape index (κ2) is 5.61. The average molecular weight is 266 g/mol. The minimum absolute atomic E-state index is 0.0248. The van der Waals surface area contributed by atoms with Gasteiger partial charge in [-0.3, -0.25) is 5.41 Å². The predicted molar refractivity (Wildman–Crippen MR) is 77.7 cm³/mol. The van der Waals surface area contributed by atoms with Crippen molar-refractivity contribution in [1.29, 1.82) is 5.41 Å². The summed E-state index contributed by atoms with van der Waals surface area (Å²) in [5.74, 6) is 0.832. The number of hydrogen-bond acceptors (Lipinski definition) is 2. The third kappa shape index (κ3) is 2.78. The SMILES string of the molecule is CCCC1CCN(c2ccc(C(=N)N)c(Cl)c2)C1. The van der Waals surface area contributed by atoms with Crippen molar-refractivity contribution >= 4 is 23.1 Å². The van der Waals surface area contributed by atoms with Crippen molar-refractivity contribution in [1.82, 2.24) is 0 Å². The van der Waals surface area contributed by atoms with Gasteiger partial charge in [0.1, 0.15) is 5.84 Å². The fourth-order valence-electron chi connectivity index (χ4n) is 2.63. The van der Waals surface area contributed by atoms with E-state index in [9.17, 15) is 0 Å². The summed E-state index contributed by atoms with van der Waals surface area (Å²) >= 11 is 6.15. The van der Waals surface area contributed by atoms with Crippen molar-refractivity contribution in [2.75, 3.05) is 18.0 Å². The van der Waals surface area contributed by atoms with Crippen LogP contribution in [-0.4, -0.2) is 18.9 Å². The molecule has 0 bridgehead atoms. The first kappa shape index (κ1) is 13.2. The van der Waals surface area contributed by atoms with E-state index in [-0.39, 0.29) is 5.84 Å². The fourth-order valence-corrected chi connectivity index (χ4v) is 2.91. The highest BCUT2D eigenvalue weighted by atomic mass is 35.5. The zero-order valence-electron chi connectivity index (χ0n) is 10.7. The average Bonchev–Trinajstić information content (AvgIpc) is 2.77. The van der Waals surface area contributed by atoms with Crippen molar-refractivity contribution in [2.24, 2.45) is 11.7 Å². The number of nitrogens with two attached hydrogens (primary N) is 1. The van der Waals surface area contributed by atoms with E-state index in [1.165, 1.54) is 19.3 Å². The van der Waals surface area contributed by atoms with Crippen molar-refractivity contribution in [2.45, 2.75) is 26.2 Å². The largest absolute Gasteiger partial charge is 0.384 e. The summed E-state index contributed by atoms with van der Waals surface area (Å²) < 4.78 is 0. The number of rotatable bonds is 4. The Morgan fingerprint density at radius 3 is 2.94 bits per heavy atom. The van der Waals surface area contributed by atoms with Crippen LogP contribution in [0.1, 0.15) is 31.7 Å². The smallest absolute Gasteiger partial charge is 0.124 e. The lowest BCUT2D eigenvalue weighted by Gasteiger charge is -2.19. The number of amidine groups is 1. The molecule has 1 unspecified atom stereocenters. The number of anilines is 1. The second-order valence-corrected chi connectivity index (χ2v) is 5.37. The Labute approximate surface area is 113 Å². The van der Waals surface area contributed by atoms with Crippen LogP contribution in [0.25, 0.3) is 0 Å². The molecule has 1 heterocycles. The molecule has 0 aromatic heterocycles. The molecule has 1 fully saturated rings. The van der Waals surface area contributed by atoms with Gasteiger partial charge in [0, 0.05) is 24.3 Å². The van der Waals surface area contributed by atoms with Crippen molar-refractivity contribution in [3.05, 3.63) is 28.8 Å². The molecule has 0 spiro atoms. The molecule has 1 aliphatic heterocycles. The maximum Gasteiger partial charge on any atom is 0.124 e. The summed E-state index contributed by atoms with van der Waals surface area (Å²) in [6, 6.07) is 5.77. The Morgan fingerprint density at radius 2 is 2.33 bits per heavy atom. The van der Waals surface area contributed by atoms with Gasteiger partial charge in [-0.2, -0.15) is 0 Å². The van der Waals surface area contributed by atoms with Gasteiger partial charge in [-0.25, -0.2) is 0 Å². The van der Waals surface area contributed by atoms with Crippen LogP contribution in [0, 0.1) is 11.3 Å².